The summed E-state index contributed by atoms with van der Waals surface area (Å²) in [6.45, 7) is 2.09. The summed E-state index contributed by atoms with van der Waals surface area (Å²) >= 11 is 6.00. The number of carbonyl (C=O) groups is 3. The Balaban J connectivity index is 1.84. The molecule has 0 bridgehead atoms. The summed E-state index contributed by atoms with van der Waals surface area (Å²) < 4.78 is 5.46. The van der Waals surface area contributed by atoms with E-state index in [1.54, 1.807) is 48.5 Å². The largest absolute Gasteiger partial charge is 0.484 e. The molecule has 9 heteroatoms. The van der Waals surface area contributed by atoms with Gasteiger partial charge in [0.1, 0.15) is 5.75 Å². The van der Waals surface area contributed by atoms with Gasteiger partial charge < -0.3 is 15.4 Å². The summed E-state index contributed by atoms with van der Waals surface area (Å²) in [6.07, 6.45) is 2.09. The lowest BCUT2D eigenvalue weighted by Gasteiger charge is -2.09. The maximum absolute atomic E-state index is 12.0. The van der Waals surface area contributed by atoms with Crippen molar-refractivity contribution in [3.8, 4) is 5.75 Å². The summed E-state index contributed by atoms with van der Waals surface area (Å²) in [4.78, 5) is 35.0. The second-order valence-electron chi connectivity index (χ2n) is 5.84. The van der Waals surface area contributed by atoms with Crippen LogP contribution in [0.15, 0.2) is 53.6 Å². The molecule has 2 aromatic rings. The van der Waals surface area contributed by atoms with Gasteiger partial charge in [0.15, 0.2) is 6.61 Å². The Kier molecular flexibility index (Phi) is 8.65. The van der Waals surface area contributed by atoms with Crippen LogP contribution in [0.25, 0.3) is 0 Å². The first kappa shape index (κ1) is 21.9. The SMILES string of the molecule is CCCNC(=O)C(=O)N/N=C\c1cccc(OCC(=O)Nc2ccccc2Cl)c1. The molecule has 0 aromatic heterocycles. The fourth-order valence-electron chi connectivity index (χ4n) is 2.12. The number of anilines is 1. The maximum Gasteiger partial charge on any atom is 0.329 e. The van der Waals surface area contributed by atoms with Crippen LogP contribution in [-0.4, -0.2) is 37.1 Å². The number of benzene rings is 2. The standard InChI is InChI=1S/C20H21ClN4O4/c1-2-10-22-19(27)20(28)25-23-12-14-6-5-7-15(11-14)29-13-18(26)24-17-9-4-3-8-16(17)21/h3-9,11-12H,2,10,13H2,1H3,(H,22,27)(H,24,26)(H,25,28)/b23-12-. The third kappa shape index (κ3) is 7.63. The van der Waals surface area contributed by atoms with Gasteiger partial charge in [0.2, 0.25) is 0 Å². The van der Waals surface area contributed by atoms with Crippen molar-refractivity contribution in [1.82, 2.24) is 10.7 Å². The van der Waals surface area contributed by atoms with Gasteiger partial charge >= 0.3 is 11.8 Å². The van der Waals surface area contributed by atoms with E-state index in [1.807, 2.05) is 6.92 Å². The molecule has 2 aromatic carbocycles. The van der Waals surface area contributed by atoms with Crippen LogP contribution in [0.2, 0.25) is 5.02 Å². The zero-order chi connectivity index (χ0) is 21.1. The van der Waals surface area contributed by atoms with Gasteiger partial charge in [-0.25, -0.2) is 5.43 Å². The van der Waals surface area contributed by atoms with E-state index in [2.05, 4.69) is 21.2 Å². The molecule has 3 amide bonds. The topological polar surface area (TPSA) is 109 Å². The summed E-state index contributed by atoms with van der Waals surface area (Å²) in [5.74, 6) is -1.51. The predicted molar refractivity (Wildman–Crippen MR) is 111 cm³/mol. The van der Waals surface area contributed by atoms with E-state index in [-0.39, 0.29) is 12.5 Å². The van der Waals surface area contributed by atoms with Gasteiger partial charge in [0.05, 0.1) is 16.9 Å². The van der Waals surface area contributed by atoms with Crippen LogP contribution in [-0.2, 0) is 14.4 Å². The molecule has 0 radical (unpaired) electrons. The van der Waals surface area contributed by atoms with Crippen molar-refractivity contribution in [1.29, 1.82) is 0 Å². The lowest BCUT2D eigenvalue weighted by Crippen LogP contribution is -2.38. The van der Waals surface area contributed by atoms with Crippen LogP contribution in [0, 0.1) is 0 Å². The highest BCUT2D eigenvalue weighted by Gasteiger charge is 2.10. The molecule has 8 nitrogen and oxygen atoms in total. The number of hydrazone groups is 1. The fraction of sp³-hybridized carbons (Fsp3) is 0.200. The van der Waals surface area contributed by atoms with Crippen molar-refractivity contribution < 1.29 is 19.1 Å². The zero-order valence-electron chi connectivity index (χ0n) is 15.8. The first-order chi connectivity index (χ1) is 14.0. The molecular weight excluding hydrogens is 396 g/mol. The molecule has 2 rings (SSSR count). The van der Waals surface area contributed by atoms with Crippen molar-refractivity contribution in [2.45, 2.75) is 13.3 Å². The zero-order valence-corrected chi connectivity index (χ0v) is 16.5. The van der Waals surface area contributed by atoms with E-state index >= 15 is 0 Å². The molecule has 0 aliphatic heterocycles. The van der Waals surface area contributed by atoms with E-state index < -0.39 is 11.8 Å². The van der Waals surface area contributed by atoms with Crippen LogP contribution < -0.4 is 20.8 Å². The smallest absolute Gasteiger partial charge is 0.329 e. The number of rotatable bonds is 8. The predicted octanol–water partition coefficient (Wildman–Crippen LogP) is 2.33. The monoisotopic (exact) mass is 416 g/mol. The molecule has 152 valence electrons. The number of nitrogens with zero attached hydrogens (tertiary/aromatic N) is 1. The highest BCUT2D eigenvalue weighted by atomic mass is 35.5. The molecule has 0 aliphatic carbocycles. The number of nitrogens with one attached hydrogen (secondary N) is 3. The Bertz CT molecular complexity index is 902. The number of halogens is 1. The van der Waals surface area contributed by atoms with Crippen LogP contribution in [0.1, 0.15) is 18.9 Å². The average Bonchev–Trinajstić information content (AvgIpc) is 2.72. The van der Waals surface area contributed by atoms with E-state index in [9.17, 15) is 14.4 Å². The third-order valence-electron chi connectivity index (χ3n) is 3.50. The van der Waals surface area contributed by atoms with Crippen molar-refractivity contribution >= 4 is 41.2 Å². The van der Waals surface area contributed by atoms with E-state index in [4.69, 9.17) is 16.3 Å². The Hall–Kier alpha value is -3.39. The Morgan fingerprint density at radius 3 is 2.66 bits per heavy atom. The van der Waals surface area contributed by atoms with Crippen molar-refractivity contribution in [2.24, 2.45) is 5.10 Å². The molecular formula is C20H21ClN4O4. The quantitative estimate of drug-likeness (QED) is 0.348. The summed E-state index contributed by atoms with van der Waals surface area (Å²) in [5.41, 5.74) is 3.26. The Labute approximate surface area is 173 Å². The van der Waals surface area contributed by atoms with Gasteiger partial charge in [-0.1, -0.05) is 42.8 Å². The first-order valence-corrected chi connectivity index (χ1v) is 9.26. The number of hydrogen-bond acceptors (Lipinski definition) is 5. The Morgan fingerprint density at radius 1 is 1.10 bits per heavy atom. The second-order valence-corrected chi connectivity index (χ2v) is 6.25. The molecule has 0 unspecified atom stereocenters. The fourth-order valence-corrected chi connectivity index (χ4v) is 2.30. The number of carbonyl (C=O) groups excluding carboxylic acids is 3. The summed E-state index contributed by atoms with van der Waals surface area (Å²) in [7, 11) is 0. The minimum absolute atomic E-state index is 0.208. The summed E-state index contributed by atoms with van der Waals surface area (Å²) in [6, 6.07) is 13.6. The number of hydrogen-bond donors (Lipinski definition) is 3. The number of amides is 3. The van der Waals surface area contributed by atoms with Crippen molar-refractivity contribution in [2.75, 3.05) is 18.5 Å². The minimum atomic E-state index is -0.849. The average molecular weight is 417 g/mol. The van der Waals surface area contributed by atoms with Crippen LogP contribution in [0.3, 0.4) is 0 Å². The maximum atomic E-state index is 12.0. The van der Waals surface area contributed by atoms with Gasteiger partial charge in [-0.05, 0) is 36.2 Å². The van der Waals surface area contributed by atoms with Gasteiger partial charge in [0, 0.05) is 6.54 Å². The van der Waals surface area contributed by atoms with Crippen LogP contribution >= 0.6 is 11.6 Å². The van der Waals surface area contributed by atoms with Gasteiger partial charge in [-0.3, -0.25) is 14.4 Å². The highest BCUT2D eigenvalue weighted by Crippen LogP contribution is 2.20. The second kappa shape index (κ2) is 11.5. The molecule has 0 fully saturated rings. The van der Waals surface area contributed by atoms with Crippen LogP contribution in [0.5, 0.6) is 5.75 Å². The molecule has 29 heavy (non-hydrogen) atoms. The summed E-state index contributed by atoms with van der Waals surface area (Å²) in [5, 5.41) is 9.28. The van der Waals surface area contributed by atoms with E-state index in [0.717, 1.165) is 6.42 Å². The molecule has 0 atom stereocenters. The van der Waals surface area contributed by atoms with Gasteiger partial charge in [-0.2, -0.15) is 5.10 Å². The van der Waals surface area contributed by atoms with Gasteiger partial charge in [-0.15, -0.1) is 0 Å². The molecule has 3 N–H and O–H groups in total. The lowest BCUT2D eigenvalue weighted by molar-refractivity contribution is -0.139. The molecule has 0 saturated carbocycles. The number of ether oxygens (including phenoxy) is 1. The molecule has 0 heterocycles. The minimum Gasteiger partial charge on any atom is -0.484 e. The van der Waals surface area contributed by atoms with E-state index in [0.29, 0.717) is 28.6 Å². The Morgan fingerprint density at radius 2 is 1.90 bits per heavy atom. The first-order valence-electron chi connectivity index (χ1n) is 8.88. The van der Waals surface area contributed by atoms with Crippen LogP contribution in [0.4, 0.5) is 5.69 Å². The number of para-hydroxylation sites is 1. The lowest BCUT2D eigenvalue weighted by atomic mass is 10.2. The van der Waals surface area contributed by atoms with Crippen molar-refractivity contribution in [3.05, 3.63) is 59.1 Å². The molecule has 0 spiro atoms. The normalized spacial score (nSPS) is 10.4. The van der Waals surface area contributed by atoms with Crippen molar-refractivity contribution in [3.63, 3.8) is 0 Å². The molecule has 0 aliphatic rings. The highest BCUT2D eigenvalue weighted by molar-refractivity contribution is 6.35. The van der Waals surface area contributed by atoms with E-state index in [1.165, 1.54) is 6.21 Å². The molecule has 0 saturated heterocycles. The third-order valence-corrected chi connectivity index (χ3v) is 3.83. The van der Waals surface area contributed by atoms with Gasteiger partial charge in [0.25, 0.3) is 5.91 Å².